The molecule has 144 valence electrons. The molecule has 0 aliphatic carbocycles. The molecular weight excluding hydrogens is 347 g/mol. The summed E-state index contributed by atoms with van der Waals surface area (Å²) < 4.78 is 13.5. The predicted molar refractivity (Wildman–Crippen MR) is 98.0 cm³/mol. The molecule has 2 atom stereocenters. The molecule has 1 aromatic rings. The molecule has 1 N–H and O–H groups in total. The molecular formula is C20H25FN4O2. The Morgan fingerprint density at radius 3 is 2.48 bits per heavy atom. The number of halogens is 1. The Morgan fingerprint density at radius 1 is 1.26 bits per heavy atom. The number of fused-ring (bicyclic) bond motifs is 1. The fourth-order valence-corrected chi connectivity index (χ4v) is 3.66. The highest BCUT2D eigenvalue weighted by Gasteiger charge is 2.36. The first-order valence-corrected chi connectivity index (χ1v) is 9.22. The number of likely N-dealkylation sites (tertiary alicyclic amines) is 1. The maximum atomic E-state index is 13.5. The molecule has 6 nitrogen and oxygen atoms in total. The minimum absolute atomic E-state index is 0.0224. The molecule has 0 bridgehead atoms. The van der Waals surface area contributed by atoms with Gasteiger partial charge in [0.2, 0.25) is 11.8 Å². The van der Waals surface area contributed by atoms with Crippen molar-refractivity contribution in [3.8, 4) is 6.07 Å². The van der Waals surface area contributed by atoms with Crippen molar-refractivity contribution >= 4 is 11.8 Å². The van der Waals surface area contributed by atoms with Crippen molar-refractivity contribution in [1.29, 1.82) is 5.26 Å². The van der Waals surface area contributed by atoms with Gasteiger partial charge in [0.15, 0.2) is 0 Å². The highest BCUT2D eigenvalue weighted by Crippen LogP contribution is 2.24. The number of nitriles is 1. The van der Waals surface area contributed by atoms with Crippen LogP contribution in [0.5, 0.6) is 0 Å². The fraction of sp³-hybridized carbons (Fsp3) is 0.550. The van der Waals surface area contributed by atoms with Crippen LogP contribution in [0.4, 0.5) is 4.39 Å². The van der Waals surface area contributed by atoms with Crippen molar-refractivity contribution in [2.24, 2.45) is 0 Å². The van der Waals surface area contributed by atoms with Crippen molar-refractivity contribution in [3.05, 3.63) is 35.4 Å². The smallest absolute Gasteiger partial charge is 0.237 e. The Bertz CT molecular complexity index is 748. The zero-order valence-electron chi connectivity index (χ0n) is 15.7. The molecule has 0 unspecified atom stereocenters. The van der Waals surface area contributed by atoms with E-state index >= 15 is 0 Å². The normalized spacial score (nSPS) is 21.9. The first-order chi connectivity index (χ1) is 12.8. The molecule has 2 aliphatic rings. The van der Waals surface area contributed by atoms with Gasteiger partial charge in [-0.1, -0.05) is 24.3 Å². The summed E-state index contributed by atoms with van der Waals surface area (Å²) in [5.74, 6) is -0.285. The summed E-state index contributed by atoms with van der Waals surface area (Å²) in [5.41, 5.74) is 1.76. The third kappa shape index (κ3) is 4.45. The van der Waals surface area contributed by atoms with E-state index in [9.17, 15) is 14.0 Å². The van der Waals surface area contributed by atoms with E-state index in [2.05, 4.69) is 5.32 Å². The number of nitrogens with zero attached hydrogens (tertiary/aromatic N) is 3. The summed E-state index contributed by atoms with van der Waals surface area (Å²) in [5, 5.41) is 12.2. The van der Waals surface area contributed by atoms with Crippen LogP contribution in [0, 0.1) is 11.3 Å². The van der Waals surface area contributed by atoms with E-state index in [1.165, 1.54) is 16.0 Å². The van der Waals surface area contributed by atoms with Crippen LogP contribution in [0.1, 0.15) is 37.8 Å². The summed E-state index contributed by atoms with van der Waals surface area (Å²) in [4.78, 5) is 28.1. The average Bonchev–Trinajstić information content (AvgIpc) is 3.22. The Balaban J connectivity index is 1.51. The Morgan fingerprint density at radius 2 is 1.89 bits per heavy atom. The summed E-state index contributed by atoms with van der Waals surface area (Å²) in [6.07, 6.45) is -0.827. The average molecular weight is 372 g/mol. The molecule has 2 aliphatic heterocycles. The van der Waals surface area contributed by atoms with Gasteiger partial charge in [0.1, 0.15) is 12.2 Å². The Hall–Kier alpha value is -2.46. The van der Waals surface area contributed by atoms with Crippen molar-refractivity contribution in [2.45, 2.75) is 57.5 Å². The molecule has 3 rings (SSSR count). The number of hydrogen-bond acceptors (Lipinski definition) is 4. The van der Waals surface area contributed by atoms with Crippen LogP contribution in [-0.2, 0) is 22.7 Å². The number of nitrogens with one attached hydrogen (secondary N) is 1. The van der Waals surface area contributed by atoms with Crippen LogP contribution >= 0.6 is 0 Å². The van der Waals surface area contributed by atoms with Crippen molar-refractivity contribution in [1.82, 2.24) is 15.1 Å². The molecule has 1 aromatic carbocycles. The van der Waals surface area contributed by atoms with E-state index in [-0.39, 0.29) is 37.7 Å². The van der Waals surface area contributed by atoms with E-state index in [4.69, 9.17) is 5.26 Å². The van der Waals surface area contributed by atoms with Crippen LogP contribution in [-0.4, -0.2) is 52.5 Å². The molecule has 27 heavy (non-hydrogen) atoms. The minimum Gasteiger partial charge on any atom is -0.334 e. The van der Waals surface area contributed by atoms with Gasteiger partial charge in [0, 0.05) is 31.5 Å². The van der Waals surface area contributed by atoms with Gasteiger partial charge in [-0.15, -0.1) is 0 Å². The quantitative estimate of drug-likeness (QED) is 0.854. The lowest BCUT2D eigenvalue weighted by molar-refractivity contribution is -0.134. The Kier molecular flexibility index (Phi) is 5.47. The van der Waals surface area contributed by atoms with Crippen molar-refractivity contribution < 1.29 is 14.0 Å². The standard InChI is InChI=1S/C20H25FN4O2/c1-20(2,23-10-19(27)25-13-16(21)7-17(25)9-22)8-18(26)24-11-14-5-3-4-6-15(14)12-24/h3-6,16-17,23H,7-8,10-13H2,1-2H3/t16-,17-/m0/s1. The van der Waals surface area contributed by atoms with E-state index in [1.807, 2.05) is 49.1 Å². The third-order valence-electron chi connectivity index (χ3n) is 5.22. The van der Waals surface area contributed by atoms with Crippen molar-refractivity contribution in [3.63, 3.8) is 0 Å². The summed E-state index contributed by atoms with van der Waals surface area (Å²) in [6.45, 7) is 4.89. The molecule has 0 aromatic heterocycles. The number of rotatable bonds is 5. The van der Waals surface area contributed by atoms with Crippen LogP contribution in [0.2, 0.25) is 0 Å². The lowest BCUT2D eigenvalue weighted by atomic mass is 9.99. The first-order valence-electron chi connectivity index (χ1n) is 9.22. The SMILES string of the molecule is CC(C)(CC(=O)N1Cc2ccccc2C1)NCC(=O)N1C[C@@H](F)C[C@H]1C#N. The van der Waals surface area contributed by atoms with E-state index < -0.39 is 17.8 Å². The van der Waals surface area contributed by atoms with Gasteiger partial charge in [-0.05, 0) is 25.0 Å². The van der Waals surface area contributed by atoms with E-state index in [1.54, 1.807) is 0 Å². The maximum Gasteiger partial charge on any atom is 0.237 e. The number of carbonyl (C=O) groups excluding carboxylic acids is 2. The van der Waals surface area contributed by atoms with Gasteiger partial charge in [-0.25, -0.2) is 4.39 Å². The zero-order valence-corrected chi connectivity index (χ0v) is 15.7. The third-order valence-corrected chi connectivity index (χ3v) is 5.22. The van der Waals surface area contributed by atoms with Gasteiger partial charge in [0.05, 0.1) is 19.2 Å². The van der Waals surface area contributed by atoms with Crippen LogP contribution in [0.3, 0.4) is 0 Å². The van der Waals surface area contributed by atoms with Gasteiger partial charge in [-0.3, -0.25) is 9.59 Å². The Labute approximate surface area is 158 Å². The number of carbonyl (C=O) groups is 2. The molecule has 2 heterocycles. The van der Waals surface area contributed by atoms with E-state index in [0.29, 0.717) is 13.1 Å². The van der Waals surface area contributed by atoms with Crippen LogP contribution < -0.4 is 5.32 Å². The van der Waals surface area contributed by atoms with Gasteiger partial charge in [-0.2, -0.15) is 5.26 Å². The second-order valence-corrected chi connectivity index (χ2v) is 7.96. The summed E-state index contributed by atoms with van der Waals surface area (Å²) in [7, 11) is 0. The number of benzene rings is 1. The number of amides is 2. The molecule has 0 radical (unpaired) electrons. The maximum absolute atomic E-state index is 13.5. The second kappa shape index (κ2) is 7.65. The number of hydrogen-bond donors (Lipinski definition) is 1. The molecule has 2 amide bonds. The van der Waals surface area contributed by atoms with Gasteiger partial charge >= 0.3 is 0 Å². The second-order valence-electron chi connectivity index (χ2n) is 7.96. The van der Waals surface area contributed by atoms with Crippen LogP contribution in [0.25, 0.3) is 0 Å². The summed E-state index contributed by atoms with van der Waals surface area (Å²) in [6, 6.07) is 9.28. The van der Waals surface area contributed by atoms with Crippen molar-refractivity contribution in [2.75, 3.05) is 13.1 Å². The zero-order chi connectivity index (χ0) is 19.6. The molecule has 1 fully saturated rings. The predicted octanol–water partition coefficient (Wildman–Crippen LogP) is 1.75. The number of alkyl halides is 1. The highest BCUT2D eigenvalue weighted by atomic mass is 19.1. The lowest BCUT2D eigenvalue weighted by Crippen LogP contribution is -2.49. The summed E-state index contributed by atoms with van der Waals surface area (Å²) >= 11 is 0. The first kappa shape index (κ1) is 19.3. The molecule has 7 heteroatoms. The molecule has 0 spiro atoms. The highest BCUT2D eigenvalue weighted by molar-refractivity contribution is 5.80. The largest absolute Gasteiger partial charge is 0.334 e. The monoisotopic (exact) mass is 372 g/mol. The van der Waals surface area contributed by atoms with Crippen LogP contribution in [0.15, 0.2) is 24.3 Å². The van der Waals surface area contributed by atoms with E-state index in [0.717, 1.165) is 0 Å². The van der Waals surface area contributed by atoms with Gasteiger partial charge in [0.25, 0.3) is 0 Å². The van der Waals surface area contributed by atoms with Gasteiger partial charge < -0.3 is 15.1 Å². The topological polar surface area (TPSA) is 76.4 Å². The molecule has 0 saturated carbocycles. The fourth-order valence-electron chi connectivity index (χ4n) is 3.66. The minimum atomic E-state index is -1.15. The lowest BCUT2D eigenvalue weighted by Gasteiger charge is -2.29. The molecule has 1 saturated heterocycles.